The number of rotatable bonds is 13. The van der Waals surface area contributed by atoms with E-state index in [2.05, 4.69) is 27.4 Å². The van der Waals surface area contributed by atoms with E-state index < -0.39 is 0 Å². The second-order valence-electron chi connectivity index (χ2n) is 6.39. The van der Waals surface area contributed by atoms with Crippen LogP contribution in [0.5, 0.6) is 0 Å². The second-order valence-corrected chi connectivity index (χ2v) is 6.39. The summed E-state index contributed by atoms with van der Waals surface area (Å²) >= 11 is 0. The van der Waals surface area contributed by atoms with Gasteiger partial charge in [-0.05, 0) is 18.3 Å². The molecule has 0 radical (unpaired) electrons. The predicted octanol–water partition coefficient (Wildman–Crippen LogP) is 5.52. The molecule has 0 saturated heterocycles. The molecule has 0 N–H and O–H groups in total. The number of hydrogen-bond donors (Lipinski definition) is 0. The number of esters is 1. The number of unbranched alkanes of at least 4 members (excludes halogenated alkanes) is 6. The Kier molecular flexibility index (Phi) is 12.7. The maximum Gasteiger partial charge on any atom is 0.330 e. The predicted molar refractivity (Wildman–Crippen MR) is 86.7 cm³/mol. The van der Waals surface area contributed by atoms with Crippen LogP contribution in [-0.4, -0.2) is 12.6 Å². The van der Waals surface area contributed by atoms with Gasteiger partial charge in [0.2, 0.25) is 0 Å². The highest BCUT2D eigenvalue weighted by molar-refractivity contribution is 5.81. The van der Waals surface area contributed by atoms with Gasteiger partial charge in [-0.15, -0.1) is 0 Å². The van der Waals surface area contributed by atoms with E-state index in [9.17, 15) is 4.79 Å². The van der Waals surface area contributed by atoms with Crippen LogP contribution in [0.3, 0.4) is 0 Å². The van der Waals surface area contributed by atoms with E-state index >= 15 is 0 Å². The molecule has 0 bridgehead atoms. The number of carbonyl (C=O) groups excluding carboxylic acids is 1. The molecule has 1 atom stereocenters. The van der Waals surface area contributed by atoms with Gasteiger partial charge in [-0.25, -0.2) is 4.79 Å². The number of hydrogen-bond acceptors (Lipinski definition) is 2. The van der Waals surface area contributed by atoms with Crippen molar-refractivity contribution >= 4 is 5.97 Å². The summed E-state index contributed by atoms with van der Waals surface area (Å²) in [7, 11) is 0. The molecule has 20 heavy (non-hydrogen) atoms. The van der Waals surface area contributed by atoms with Crippen LogP contribution in [0, 0.1) is 11.8 Å². The van der Waals surface area contributed by atoms with Crippen molar-refractivity contribution in [3.8, 4) is 0 Å². The molecule has 0 aromatic heterocycles. The quantitative estimate of drug-likeness (QED) is 0.252. The Hall–Kier alpha value is -0.790. The summed E-state index contributed by atoms with van der Waals surface area (Å²) in [5, 5.41) is 0. The van der Waals surface area contributed by atoms with Crippen LogP contribution in [-0.2, 0) is 9.53 Å². The summed E-state index contributed by atoms with van der Waals surface area (Å²) in [5.74, 6) is 1.01. The smallest absolute Gasteiger partial charge is 0.330 e. The average molecular weight is 282 g/mol. The first-order valence-electron chi connectivity index (χ1n) is 8.35. The molecule has 0 amide bonds. The molecule has 0 aromatic carbocycles. The Morgan fingerprint density at radius 3 is 1.95 bits per heavy atom. The minimum absolute atomic E-state index is 0.307. The highest BCUT2D eigenvalue weighted by Gasteiger charge is 2.04. The Labute approximate surface area is 126 Å². The SMILES string of the molecule is C=CC(=O)OCC(C)CCCCCCCCCC(C)C. The zero-order chi connectivity index (χ0) is 15.2. The van der Waals surface area contributed by atoms with Gasteiger partial charge in [-0.1, -0.05) is 78.7 Å². The van der Waals surface area contributed by atoms with Crippen molar-refractivity contribution in [1.82, 2.24) is 0 Å². The van der Waals surface area contributed by atoms with Gasteiger partial charge in [0.05, 0.1) is 6.61 Å². The first kappa shape index (κ1) is 19.2. The Morgan fingerprint density at radius 2 is 1.45 bits per heavy atom. The van der Waals surface area contributed by atoms with Gasteiger partial charge < -0.3 is 4.74 Å². The minimum Gasteiger partial charge on any atom is -0.462 e. The van der Waals surface area contributed by atoms with Crippen LogP contribution in [0.2, 0.25) is 0 Å². The van der Waals surface area contributed by atoms with Crippen LogP contribution in [0.25, 0.3) is 0 Å². The molecule has 0 aliphatic rings. The van der Waals surface area contributed by atoms with Crippen molar-refractivity contribution in [3.05, 3.63) is 12.7 Å². The Bertz CT molecular complexity index is 246. The number of carbonyl (C=O) groups is 1. The van der Waals surface area contributed by atoms with Crippen molar-refractivity contribution in [2.24, 2.45) is 11.8 Å². The topological polar surface area (TPSA) is 26.3 Å². The van der Waals surface area contributed by atoms with Gasteiger partial charge >= 0.3 is 5.97 Å². The van der Waals surface area contributed by atoms with E-state index in [4.69, 9.17) is 4.74 Å². The van der Waals surface area contributed by atoms with Crippen LogP contribution in [0.15, 0.2) is 12.7 Å². The molecular formula is C18H34O2. The molecular weight excluding hydrogens is 248 g/mol. The molecule has 1 unspecified atom stereocenters. The molecule has 118 valence electrons. The molecule has 2 nitrogen and oxygen atoms in total. The zero-order valence-electron chi connectivity index (χ0n) is 13.8. The standard InChI is InChI=1S/C18H34O2/c1-5-18(19)20-15-17(4)14-12-10-8-6-7-9-11-13-16(2)3/h5,16-17H,1,6-15H2,2-4H3. The van der Waals surface area contributed by atoms with Crippen molar-refractivity contribution < 1.29 is 9.53 Å². The van der Waals surface area contributed by atoms with Crippen LogP contribution >= 0.6 is 0 Å². The van der Waals surface area contributed by atoms with Gasteiger partial charge in [-0.3, -0.25) is 0 Å². The molecule has 0 aliphatic carbocycles. The molecule has 0 rings (SSSR count). The zero-order valence-corrected chi connectivity index (χ0v) is 13.8. The van der Waals surface area contributed by atoms with E-state index in [-0.39, 0.29) is 5.97 Å². The molecule has 0 aromatic rings. The summed E-state index contributed by atoms with van der Waals surface area (Å²) < 4.78 is 5.04. The maximum atomic E-state index is 10.9. The summed E-state index contributed by atoms with van der Waals surface area (Å²) in [6, 6.07) is 0. The maximum absolute atomic E-state index is 10.9. The fraction of sp³-hybridized carbons (Fsp3) is 0.833. The van der Waals surface area contributed by atoms with Crippen LogP contribution in [0.1, 0.15) is 78.6 Å². The highest BCUT2D eigenvalue weighted by Crippen LogP contribution is 2.14. The lowest BCUT2D eigenvalue weighted by Crippen LogP contribution is -2.09. The van der Waals surface area contributed by atoms with E-state index in [1.807, 2.05) is 0 Å². The molecule has 0 aliphatic heterocycles. The van der Waals surface area contributed by atoms with Crippen LogP contribution in [0.4, 0.5) is 0 Å². The van der Waals surface area contributed by atoms with Crippen LogP contribution < -0.4 is 0 Å². The third-order valence-corrected chi connectivity index (χ3v) is 3.66. The van der Waals surface area contributed by atoms with Gasteiger partial charge in [0, 0.05) is 6.08 Å². The molecule has 0 heterocycles. The van der Waals surface area contributed by atoms with E-state index in [1.165, 1.54) is 57.4 Å². The van der Waals surface area contributed by atoms with E-state index in [0.717, 1.165) is 12.3 Å². The van der Waals surface area contributed by atoms with Crippen molar-refractivity contribution in [2.75, 3.05) is 6.61 Å². The van der Waals surface area contributed by atoms with Gasteiger partial charge in [0.1, 0.15) is 0 Å². The normalized spacial score (nSPS) is 12.4. The van der Waals surface area contributed by atoms with E-state index in [0.29, 0.717) is 12.5 Å². The highest BCUT2D eigenvalue weighted by atomic mass is 16.5. The van der Waals surface area contributed by atoms with Gasteiger partial charge in [-0.2, -0.15) is 0 Å². The first-order valence-corrected chi connectivity index (χ1v) is 8.35. The summed E-state index contributed by atoms with van der Waals surface area (Å²) in [6.07, 6.45) is 13.2. The van der Waals surface area contributed by atoms with Crippen molar-refractivity contribution in [3.63, 3.8) is 0 Å². The average Bonchev–Trinajstić information content (AvgIpc) is 2.42. The van der Waals surface area contributed by atoms with Crippen molar-refractivity contribution in [2.45, 2.75) is 78.6 Å². The fourth-order valence-electron chi connectivity index (χ4n) is 2.30. The third-order valence-electron chi connectivity index (χ3n) is 3.66. The largest absolute Gasteiger partial charge is 0.462 e. The van der Waals surface area contributed by atoms with Gasteiger partial charge in [0.15, 0.2) is 0 Å². The van der Waals surface area contributed by atoms with Crippen molar-refractivity contribution in [1.29, 1.82) is 0 Å². The van der Waals surface area contributed by atoms with E-state index in [1.54, 1.807) is 0 Å². The lowest BCUT2D eigenvalue weighted by Gasteiger charge is -2.10. The second kappa shape index (κ2) is 13.2. The molecule has 0 spiro atoms. The molecule has 0 fully saturated rings. The lowest BCUT2D eigenvalue weighted by molar-refractivity contribution is -0.139. The molecule has 0 saturated carbocycles. The lowest BCUT2D eigenvalue weighted by atomic mass is 10.0. The fourth-order valence-corrected chi connectivity index (χ4v) is 2.30. The third kappa shape index (κ3) is 13.6. The minimum atomic E-state index is -0.307. The first-order chi connectivity index (χ1) is 9.56. The Morgan fingerprint density at radius 1 is 0.950 bits per heavy atom. The van der Waals surface area contributed by atoms with Gasteiger partial charge in [0.25, 0.3) is 0 Å². The number of ether oxygens (including phenoxy) is 1. The summed E-state index contributed by atoms with van der Waals surface area (Å²) in [5.41, 5.74) is 0. The monoisotopic (exact) mass is 282 g/mol. The molecule has 2 heteroatoms. The summed E-state index contributed by atoms with van der Waals surface area (Å²) in [6.45, 7) is 10.7. The summed E-state index contributed by atoms with van der Waals surface area (Å²) in [4.78, 5) is 10.9. The Balaban J connectivity index is 3.23.